The average molecular weight is 427 g/mol. The zero-order valence-corrected chi connectivity index (χ0v) is 19.0. The monoisotopic (exact) mass is 426 g/mol. The Hall–Kier alpha value is -1.78. The van der Waals surface area contributed by atoms with Crippen LogP contribution in [0.1, 0.15) is 48.7 Å². The Morgan fingerprint density at radius 3 is 2.55 bits per heavy atom. The van der Waals surface area contributed by atoms with E-state index in [0.29, 0.717) is 43.3 Å². The van der Waals surface area contributed by atoms with Crippen molar-refractivity contribution in [2.75, 3.05) is 64.5 Å². The molecule has 1 amide bonds. The second-order valence-corrected chi connectivity index (χ2v) is 9.59. The molecule has 0 bridgehead atoms. The van der Waals surface area contributed by atoms with E-state index in [2.05, 4.69) is 34.0 Å². The molecule has 0 saturated carbocycles. The van der Waals surface area contributed by atoms with Crippen LogP contribution in [0.2, 0.25) is 0 Å². The number of rotatable bonds is 10. The van der Waals surface area contributed by atoms with Gasteiger partial charge >= 0.3 is 0 Å². The molecule has 9 nitrogen and oxygen atoms in total. The number of aromatic nitrogens is 2. The van der Waals surface area contributed by atoms with Gasteiger partial charge in [0, 0.05) is 45.8 Å². The molecule has 1 aromatic rings. The van der Waals surface area contributed by atoms with Crippen LogP contribution in [0.4, 0.5) is 5.95 Å². The molecule has 0 spiro atoms. The van der Waals surface area contributed by atoms with Gasteiger partial charge in [0.25, 0.3) is 5.91 Å². The molecule has 1 fully saturated rings. The van der Waals surface area contributed by atoms with Crippen molar-refractivity contribution in [3.05, 3.63) is 17.5 Å². The molecule has 1 aliphatic heterocycles. The Bertz CT molecular complexity index is 795. The zero-order chi connectivity index (χ0) is 21.6. The van der Waals surface area contributed by atoms with Gasteiger partial charge in [0.05, 0.1) is 17.5 Å². The van der Waals surface area contributed by atoms with Crippen LogP contribution in [0.5, 0.6) is 0 Å². The van der Waals surface area contributed by atoms with Crippen molar-refractivity contribution >= 4 is 21.9 Å². The molecule has 1 N–H and O–H groups in total. The molecule has 1 aliphatic rings. The molecule has 2 heterocycles. The van der Waals surface area contributed by atoms with Crippen molar-refractivity contribution in [2.24, 2.45) is 0 Å². The second kappa shape index (κ2) is 10.3. The fourth-order valence-corrected chi connectivity index (χ4v) is 4.37. The second-order valence-electron chi connectivity index (χ2n) is 7.61. The molecule has 1 unspecified atom stereocenters. The van der Waals surface area contributed by atoms with Crippen LogP contribution < -0.4 is 10.2 Å². The lowest BCUT2D eigenvalue weighted by molar-refractivity contribution is 0.0949. The van der Waals surface area contributed by atoms with Crippen molar-refractivity contribution in [3.8, 4) is 0 Å². The third-order valence-corrected chi connectivity index (χ3v) is 6.56. The standard InChI is InChI=1S/C19H34N6O3S/c1-6-24(7-2)11-8-10-20-18(26)16-13-21-19(23(3)4)22-17(16)15-9-12-25(14-15)29(5,27)28/h13,15H,6-12,14H2,1-5H3,(H,20,26). The molecule has 1 atom stereocenters. The summed E-state index contributed by atoms with van der Waals surface area (Å²) in [6.45, 7) is 8.52. The first-order chi connectivity index (χ1) is 13.7. The Balaban J connectivity index is 2.13. The summed E-state index contributed by atoms with van der Waals surface area (Å²) in [5, 5.41) is 2.97. The smallest absolute Gasteiger partial charge is 0.254 e. The van der Waals surface area contributed by atoms with Crippen molar-refractivity contribution in [1.82, 2.24) is 24.5 Å². The highest BCUT2D eigenvalue weighted by Gasteiger charge is 2.33. The van der Waals surface area contributed by atoms with Crippen LogP contribution in [0.15, 0.2) is 6.20 Å². The van der Waals surface area contributed by atoms with Crippen molar-refractivity contribution in [2.45, 2.75) is 32.6 Å². The minimum absolute atomic E-state index is 0.122. The minimum Gasteiger partial charge on any atom is -0.352 e. The number of carbonyl (C=O) groups excluding carboxylic acids is 1. The first-order valence-corrected chi connectivity index (χ1v) is 12.0. The fraction of sp³-hybridized carbons (Fsp3) is 0.737. The van der Waals surface area contributed by atoms with Crippen molar-refractivity contribution in [1.29, 1.82) is 0 Å². The summed E-state index contributed by atoms with van der Waals surface area (Å²) in [5.74, 6) is 0.182. The van der Waals surface area contributed by atoms with E-state index in [1.165, 1.54) is 10.6 Å². The first-order valence-electron chi connectivity index (χ1n) is 10.2. The maximum absolute atomic E-state index is 12.8. The van der Waals surface area contributed by atoms with Crippen LogP contribution in [0, 0.1) is 0 Å². The number of hydrogen-bond acceptors (Lipinski definition) is 7. The van der Waals surface area contributed by atoms with Crippen molar-refractivity contribution < 1.29 is 13.2 Å². The molecule has 164 valence electrons. The highest BCUT2D eigenvalue weighted by Crippen LogP contribution is 2.30. The number of anilines is 1. The summed E-state index contributed by atoms with van der Waals surface area (Å²) in [4.78, 5) is 25.8. The third kappa shape index (κ3) is 6.35. The van der Waals surface area contributed by atoms with Gasteiger partial charge in [0.15, 0.2) is 0 Å². The maximum Gasteiger partial charge on any atom is 0.254 e. The van der Waals surface area contributed by atoms with Gasteiger partial charge in [-0.3, -0.25) is 4.79 Å². The van der Waals surface area contributed by atoms with E-state index in [9.17, 15) is 13.2 Å². The number of sulfonamides is 1. The maximum atomic E-state index is 12.8. The van der Waals surface area contributed by atoms with Gasteiger partial charge in [-0.05, 0) is 32.5 Å². The van der Waals surface area contributed by atoms with E-state index >= 15 is 0 Å². The van der Waals surface area contributed by atoms with E-state index in [1.54, 1.807) is 11.1 Å². The lowest BCUT2D eigenvalue weighted by Crippen LogP contribution is -2.31. The number of amides is 1. The largest absolute Gasteiger partial charge is 0.352 e. The molecule has 0 aromatic carbocycles. The lowest BCUT2D eigenvalue weighted by Gasteiger charge is -2.19. The van der Waals surface area contributed by atoms with Crippen LogP contribution in [0.3, 0.4) is 0 Å². The first kappa shape index (κ1) is 23.5. The third-order valence-electron chi connectivity index (χ3n) is 5.29. The number of carbonyl (C=O) groups is 1. The predicted octanol–water partition coefficient (Wildman–Crippen LogP) is 0.753. The van der Waals surface area contributed by atoms with Crippen LogP contribution in [0.25, 0.3) is 0 Å². The Morgan fingerprint density at radius 1 is 1.31 bits per heavy atom. The Morgan fingerprint density at radius 2 is 2.00 bits per heavy atom. The highest BCUT2D eigenvalue weighted by atomic mass is 32.2. The molecule has 1 aromatic heterocycles. The predicted molar refractivity (Wildman–Crippen MR) is 115 cm³/mol. The zero-order valence-electron chi connectivity index (χ0n) is 18.2. The van der Waals surface area contributed by atoms with Gasteiger partial charge in [0.2, 0.25) is 16.0 Å². The normalized spacial score (nSPS) is 17.7. The van der Waals surface area contributed by atoms with Crippen molar-refractivity contribution in [3.63, 3.8) is 0 Å². The average Bonchev–Trinajstić information content (AvgIpc) is 3.18. The van der Waals surface area contributed by atoms with Gasteiger partial charge in [0.1, 0.15) is 0 Å². The highest BCUT2D eigenvalue weighted by molar-refractivity contribution is 7.88. The van der Waals surface area contributed by atoms with E-state index in [1.807, 2.05) is 14.1 Å². The number of nitrogens with zero attached hydrogens (tertiary/aromatic N) is 5. The summed E-state index contributed by atoms with van der Waals surface area (Å²) in [6.07, 6.45) is 4.27. The summed E-state index contributed by atoms with van der Waals surface area (Å²) >= 11 is 0. The topological polar surface area (TPSA) is 98.7 Å². The number of nitrogens with one attached hydrogen (secondary N) is 1. The molecule has 10 heteroatoms. The molecule has 0 aliphatic carbocycles. The van der Waals surface area contributed by atoms with Crippen LogP contribution in [-0.4, -0.2) is 93.1 Å². The molecule has 1 saturated heterocycles. The van der Waals surface area contributed by atoms with Gasteiger partial charge in [-0.25, -0.2) is 22.7 Å². The molecular weight excluding hydrogens is 392 g/mol. The molecule has 2 rings (SSSR count). The van der Waals surface area contributed by atoms with Gasteiger partial charge < -0.3 is 15.1 Å². The van der Waals surface area contributed by atoms with E-state index < -0.39 is 10.0 Å². The van der Waals surface area contributed by atoms with E-state index in [4.69, 9.17) is 0 Å². The molecule has 29 heavy (non-hydrogen) atoms. The van der Waals surface area contributed by atoms with Crippen LogP contribution in [-0.2, 0) is 10.0 Å². The fourth-order valence-electron chi connectivity index (χ4n) is 3.48. The molecule has 0 radical (unpaired) electrons. The summed E-state index contributed by atoms with van der Waals surface area (Å²) in [7, 11) is 0.414. The Kier molecular flexibility index (Phi) is 8.35. The quantitative estimate of drug-likeness (QED) is 0.551. The number of hydrogen-bond donors (Lipinski definition) is 1. The van der Waals surface area contributed by atoms with Gasteiger partial charge in [-0.1, -0.05) is 13.8 Å². The SMILES string of the molecule is CCN(CC)CCCNC(=O)c1cnc(N(C)C)nc1C1CCN(S(C)(=O)=O)C1. The van der Waals surface area contributed by atoms with E-state index in [-0.39, 0.29) is 11.8 Å². The summed E-state index contributed by atoms with van der Waals surface area (Å²) in [5.41, 5.74) is 1.05. The van der Waals surface area contributed by atoms with Crippen LogP contribution >= 0.6 is 0 Å². The summed E-state index contributed by atoms with van der Waals surface area (Å²) in [6, 6.07) is 0. The van der Waals surface area contributed by atoms with Gasteiger partial charge in [-0.15, -0.1) is 0 Å². The molecular formula is C19H34N6O3S. The van der Waals surface area contributed by atoms with Gasteiger partial charge in [-0.2, -0.15) is 0 Å². The Labute approximate surface area is 174 Å². The van der Waals surface area contributed by atoms with E-state index in [0.717, 1.165) is 26.1 Å². The lowest BCUT2D eigenvalue weighted by atomic mass is 10.00. The summed E-state index contributed by atoms with van der Waals surface area (Å²) < 4.78 is 25.2. The minimum atomic E-state index is -3.26.